The van der Waals surface area contributed by atoms with Crippen molar-refractivity contribution >= 4 is 0 Å². The maximum Gasteiger partial charge on any atom is 0.0436 e. The van der Waals surface area contributed by atoms with Gasteiger partial charge in [0.1, 0.15) is 0 Å². The second-order valence-electron chi connectivity index (χ2n) is 2.68. The minimum absolute atomic E-state index is 0.134. The molecule has 0 aliphatic rings. The molecule has 0 aromatic carbocycles. The summed E-state index contributed by atoms with van der Waals surface area (Å²) in [6, 6.07) is 0. The summed E-state index contributed by atoms with van der Waals surface area (Å²) in [5.41, 5.74) is 0.134. The highest BCUT2D eigenvalue weighted by Crippen LogP contribution is 2.27. The number of hydrogen-bond donors (Lipinski definition) is 1. The van der Waals surface area contributed by atoms with E-state index in [0.29, 0.717) is 0 Å². The summed E-state index contributed by atoms with van der Waals surface area (Å²) in [5, 5.41) is 8.62. The minimum Gasteiger partial charge on any atom is -0.396 e. The van der Waals surface area contributed by atoms with Crippen molar-refractivity contribution in [2.45, 2.75) is 33.1 Å². The Hall–Kier alpha value is -0.0400. The molecular formula is C8H17O. The van der Waals surface area contributed by atoms with Crippen LogP contribution in [0.1, 0.15) is 33.1 Å². The van der Waals surface area contributed by atoms with E-state index in [1.165, 1.54) is 0 Å². The Bertz CT molecular complexity index is 65.0. The van der Waals surface area contributed by atoms with Gasteiger partial charge in [0.15, 0.2) is 0 Å². The average Bonchev–Trinajstić information content (AvgIpc) is 1.89. The molecule has 0 saturated carbocycles. The molecule has 1 heteroatoms. The molecule has 0 aromatic heterocycles. The molecule has 1 nitrogen and oxygen atoms in total. The summed E-state index contributed by atoms with van der Waals surface area (Å²) >= 11 is 0. The molecule has 0 saturated heterocycles. The highest BCUT2D eigenvalue weighted by atomic mass is 16.3. The lowest BCUT2D eigenvalue weighted by molar-refractivity contribution is 0.208. The Morgan fingerprint density at radius 2 is 1.78 bits per heavy atom. The Morgan fingerprint density at radius 1 is 1.33 bits per heavy atom. The van der Waals surface area contributed by atoms with E-state index >= 15 is 0 Å². The molecule has 0 amide bonds. The highest BCUT2D eigenvalue weighted by Gasteiger charge is 2.17. The van der Waals surface area contributed by atoms with Gasteiger partial charge in [0.2, 0.25) is 0 Å². The molecule has 0 aliphatic heterocycles. The lowest BCUT2D eigenvalue weighted by Gasteiger charge is -2.24. The van der Waals surface area contributed by atoms with Gasteiger partial charge in [-0.2, -0.15) is 0 Å². The van der Waals surface area contributed by atoms with Crippen LogP contribution in [0.25, 0.3) is 0 Å². The Balaban J connectivity index is 3.62. The van der Waals surface area contributed by atoms with E-state index in [0.717, 1.165) is 19.3 Å². The van der Waals surface area contributed by atoms with Crippen LogP contribution < -0.4 is 0 Å². The predicted octanol–water partition coefficient (Wildman–Crippen LogP) is 2.01. The topological polar surface area (TPSA) is 20.2 Å². The van der Waals surface area contributed by atoms with Gasteiger partial charge in [-0.25, -0.2) is 0 Å². The van der Waals surface area contributed by atoms with Crippen molar-refractivity contribution in [3.05, 3.63) is 6.92 Å². The van der Waals surface area contributed by atoms with Crippen molar-refractivity contribution < 1.29 is 5.11 Å². The van der Waals surface area contributed by atoms with Crippen LogP contribution in [0.3, 0.4) is 0 Å². The van der Waals surface area contributed by atoms with Crippen molar-refractivity contribution in [2.24, 2.45) is 5.41 Å². The lowest BCUT2D eigenvalue weighted by Crippen LogP contribution is -2.15. The Morgan fingerprint density at radius 3 is 1.89 bits per heavy atom. The van der Waals surface area contributed by atoms with E-state index in [9.17, 15) is 0 Å². The van der Waals surface area contributed by atoms with Gasteiger partial charge >= 0.3 is 0 Å². The van der Waals surface area contributed by atoms with Gasteiger partial charge in [0.25, 0.3) is 0 Å². The molecule has 9 heavy (non-hydrogen) atoms. The molecule has 0 fully saturated rings. The number of hydrogen-bond acceptors (Lipinski definition) is 1. The third kappa shape index (κ3) is 2.85. The number of aliphatic hydroxyl groups excluding tert-OH is 1. The van der Waals surface area contributed by atoms with Crippen LogP contribution >= 0.6 is 0 Å². The third-order valence-electron chi connectivity index (χ3n) is 2.14. The van der Waals surface area contributed by atoms with E-state index < -0.39 is 0 Å². The van der Waals surface area contributed by atoms with Gasteiger partial charge in [-0.05, 0) is 18.8 Å². The minimum atomic E-state index is 0.134. The molecule has 0 rings (SSSR count). The monoisotopic (exact) mass is 129 g/mol. The van der Waals surface area contributed by atoms with Crippen LogP contribution in [0.2, 0.25) is 0 Å². The lowest BCUT2D eigenvalue weighted by atomic mass is 9.82. The third-order valence-corrected chi connectivity index (χ3v) is 2.14. The number of rotatable bonds is 4. The molecule has 0 spiro atoms. The van der Waals surface area contributed by atoms with Crippen molar-refractivity contribution in [1.82, 2.24) is 0 Å². The van der Waals surface area contributed by atoms with E-state index in [1.54, 1.807) is 0 Å². The van der Waals surface area contributed by atoms with Crippen molar-refractivity contribution in [3.8, 4) is 0 Å². The standard InChI is InChI=1S/C8H17O/c1-4-8(3,5-2)6-7-9/h9H,3-7H2,1-2H3. The van der Waals surface area contributed by atoms with Crippen LogP contribution in [-0.2, 0) is 0 Å². The molecule has 0 bridgehead atoms. The van der Waals surface area contributed by atoms with E-state index in [4.69, 9.17) is 5.11 Å². The van der Waals surface area contributed by atoms with Gasteiger partial charge in [-0.1, -0.05) is 26.7 Å². The predicted molar refractivity (Wildman–Crippen MR) is 40.1 cm³/mol. The SMILES string of the molecule is [CH2]C(CC)(CC)CCO. The first-order valence-electron chi connectivity index (χ1n) is 3.64. The smallest absolute Gasteiger partial charge is 0.0436 e. The zero-order valence-corrected chi connectivity index (χ0v) is 6.48. The molecular weight excluding hydrogens is 112 g/mol. The van der Waals surface area contributed by atoms with Crippen LogP contribution in [0.15, 0.2) is 0 Å². The van der Waals surface area contributed by atoms with Gasteiger partial charge in [0, 0.05) is 6.61 Å². The summed E-state index contributed by atoms with van der Waals surface area (Å²) < 4.78 is 0. The van der Waals surface area contributed by atoms with Crippen molar-refractivity contribution in [2.75, 3.05) is 6.61 Å². The van der Waals surface area contributed by atoms with Gasteiger partial charge in [-0.15, -0.1) is 0 Å². The molecule has 1 N–H and O–H groups in total. The normalized spacial score (nSPS) is 12.0. The fourth-order valence-corrected chi connectivity index (χ4v) is 0.841. The van der Waals surface area contributed by atoms with Crippen molar-refractivity contribution in [3.63, 3.8) is 0 Å². The largest absolute Gasteiger partial charge is 0.396 e. The first-order chi connectivity index (χ1) is 4.18. The van der Waals surface area contributed by atoms with Crippen molar-refractivity contribution in [1.29, 1.82) is 0 Å². The number of aliphatic hydroxyl groups is 1. The molecule has 1 radical (unpaired) electrons. The quantitative estimate of drug-likeness (QED) is 0.615. The summed E-state index contributed by atoms with van der Waals surface area (Å²) in [6.07, 6.45) is 2.95. The van der Waals surface area contributed by atoms with Crippen LogP contribution in [0.4, 0.5) is 0 Å². The summed E-state index contributed by atoms with van der Waals surface area (Å²) in [7, 11) is 0. The van der Waals surface area contributed by atoms with Gasteiger partial charge < -0.3 is 5.11 Å². The van der Waals surface area contributed by atoms with Crippen LogP contribution in [-0.4, -0.2) is 11.7 Å². The first kappa shape index (κ1) is 8.96. The zero-order valence-electron chi connectivity index (χ0n) is 6.48. The second-order valence-corrected chi connectivity index (χ2v) is 2.68. The molecule has 0 heterocycles. The maximum absolute atomic E-state index is 8.62. The summed E-state index contributed by atoms with van der Waals surface area (Å²) in [6.45, 7) is 8.54. The zero-order chi connectivity index (χ0) is 7.33. The molecule has 0 unspecified atom stereocenters. The second kappa shape index (κ2) is 3.89. The van der Waals surface area contributed by atoms with Crippen LogP contribution in [0.5, 0.6) is 0 Å². The first-order valence-corrected chi connectivity index (χ1v) is 3.64. The Labute approximate surface area is 58.1 Å². The van der Waals surface area contributed by atoms with E-state index in [2.05, 4.69) is 20.8 Å². The molecule has 0 atom stereocenters. The van der Waals surface area contributed by atoms with Gasteiger partial charge in [-0.3, -0.25) is 0 Å². The summed E-state index contributed by atoms with van der Waals surface area (Å²) in [5.74, 6) is 0. The fourth-order valence-electron chi connectivity index (χ4n) is 0.841. The van der Waals surface area contributed by atoms with E-state index in [-0.39, 0.29) is 12.0 Å². The average molecular weight is 129 g/mol. The van der Waals surface area contributed by atoms with Gasteiger partial charge in [0.05, 0.1) is 0 Å². The Kier molecular flexibility index (Phi) is 3.87. The highest BCUT2D eigenvalue weighted by molar-refractivity contribution is 4.77. The summed E-state index contributed by atoms with van der Waals surface area (Å²) in [4.78, 5) is 0. The molecule has 0 aromatic rings. The molecule has 55 valence electrons. The fraction of sp³-hybridized carbons (Fsp3) is 0.875. The van der Waals surface area contributed by atoms with E-state index in [1.807, 2.05) is 0 Å². The maximum atomic E-state index is 8.62. The van der Waals surface area contributed by atoms with Crippen LogP contribution in [0, 0.1) is 12.3 Å². The molecule has 0 aliphatic carbocycles.